The van der Waals surface area contributed by atoms with Crippen molar-refractivity contribution in [3.8, 4) is 0 Å². The molecular formula is C65H116N2O35. The van der Waals surface area contributed by atoms with Gasteiger partial charge in [0.2, 0.25) is 5.91 Å². The highest BCUT2D eigenvalue weighted by Gasteiger charge is 2.62. The van der Waals surface area contributed by atoms with Crippen molar-refractivity contribution in [2.24, 2.45) is 5.73 Å². The number of hydrogen-bond acceptors (Lipinski definition) is 36. The fourth-order valence-electron chi connectivity index (χ4n) is 15.2. The lowest BCUT2D eigenvalue weighted by Gasteiger charge is -2.52. The largest absolute Gasteiger partial charge is 0.382 e. The van der Waals surface area contributed by atoms with Gasteiger partial charge in [-0.2, -0.15) is 0 Å². The zero-order valence-electron chi connectivity index (χ0n) is 62.4. The quantitative estimate of drug-likeness (QED) is 0.0740. The van der Waals surface area contributed by atoms with Crippen molar-refractivity contribution in [2.45, 2.75) is 221 Å². The second kappa shape index (κ2) is 42.3. The first kappa shape index (κ1) is 85.7. The van der Waals surface area contributed by atoms with E-state index in [0.717, 1.165) is 0 Å². The molecule has 0 aromatic rings. The van der Waals surface area contributed by atoms with Crippen LogP contribution in [0.2, 0.25) is 0 Å². The molecule has 1 amide bonds. The Labute approximate surface area is 597 Å². The van der Waals surface area contributed by atoms with Gasteiger partial charge in [-0.25, -0.2) is 0 Å². The lowest BCUT2D eigenvalue weighted by atomic mass is 9.94. The molecule has 596 valence electrons. The van der Waals surface area contributed by atoms with E-state index < -0.39 is 215 Å². The molecule has 21 saturated heterocycles. The Kier molecular flexibility index (Phi) is 35.5. The van der Waals surface area contributed by atoms with Crippen LogP contribution in [0.4, 0.5) is 0 Å². The SMILES string of the molecule is COC[C@H]1O[C@@H]2O[C@H]3[C@H](OC)[C@@H](OC)[C@@H](O[C@H]4[C@H](OC)[C@@H](OC)[C@@H](O[C@H]5[C@H](OC)[C@@H](OC)[C@@H](O[C@H]6[C@H](OC)[C@@H](OC)[C@@H](O[C@H]7[C@H](OC)[C@@H](OC)[C@@H](O[C@H]8[C@H](OC)[C@@H](OC)[C@@H](O[C@H]1[C@H](OC)[C@H]2OC)O[C@@H]8CNC(=O)CCN)O[C@@H]7COC)O[C@@H]6COC)O[C@@H]5COC)O[C@@H]4COC)O[C@@H]3COC. The number of rotatable bonds is 30. The molecule has 21 rings (SSSR count). The number of methoxy groups -OCH3 is 20. The molecule has 21 heterocycles. The maximum absolute atomic E-state index is 13.4. The molecule has 0 aliphatic carbocycles. The predicted octanol–water partition coefficient (Wildman–Crippen LogP) is -2.68. The van der Waals surface area contributed by atoms with E-state index in [1.165, 1.54) is 142 Å². The van der Waals surface area contributed by atoms with Crippen molar-refractivity contribution >= 4 is 5.91 Å². The van der Waals surface area contributed by atoms with Crippen molar-refractivity contribution in [1.29, 1.82) is 0 Å². The highest BCUT2D eigenvalue weighted by Crippen LogP contribution is 2.43. The zero-order chi connectivity index (χ0) is 73.9. The molecule has 21 aliphatic heterocycles. The van der Waals surface area contributed by atoms with E-state index in [0.29, 0.717) is 0 Å². The van der Waals surface area contributed by atoms with Crippen molar-refractivity contribution in [3.05, 3.63) is 0 Å². The van der Waals surface area contributed by atoms with Gasteiger partial charge in [-0.1, -0.05) is 0 Å². The van der Waals surface area contributed by atoms with E-state index in [-0.39, 0.29) is 65.1 Å². The van der Waals surface area contributed by atoms with Crippen LogP contribution >= 0.6 is 0 Å². The van der Waals surface area contributed by atoms with Gasteiger partial charge in [-0.15, -0.1) is 0 Å². The number of hydrogen-bond donors (Lipinski definition) is 2. The first-order chi connectivity index (χ1) is 49.6. The molecule has 0 aromatic carbocycles. The van der Waals surface area contributed by atoms with Gasteiger partial charge in [0.1, 0.15) is 171 Å². The molecule has 21 fully saturated rings. The number of amides is 1. The molecule has 0 unspecified atom stereocenters. The van der Waals surface area contributed by atoms with Gasteiger partial charge < -0.3 is 172 Å². The maximum Gasteiger partial charge on any atom is 0.221 e. The summed E-state index contributed by atoms with van der Waals surface area (Å²) in [6, 6.07) is 0. The summed E-state index contributed by atoms with van der Waals surface area (Å²) in [5.74, 6) is -0.372. The molecule has 3 N–H and O–H groups in total. The number of carbonyl (C=O) groups is 1. The maximum atomic E-state index is 13.4. The minimum atomic E-state index is -1.32. The normalized spacial score (nSPS) is 44.7. The summed E-state index contributed by atoms with van der Waals surface area (Å²) in [6.45, 7) is -0.487. The zero-order valence-corrected chi connectivity index (χ0v) is 62.4. The van der Waals surface area contributed by atoms with Gasteiger partial charge in [-0.05, 0) is 0 Å². The molecule has 0 saturated carbocycles. The van der Waals surface area contributed by atoms with Crippen molar-refractivity contribution in [1.82, 2.24) is 5.32 Å². The number of nitrogens with two attached hydrogens (primary N) is 1. The van der Waals surface area contributed by atoms with Crippen molar-refractivity contribution in [2.75, 3.05) is 195 Å². The average Bonchev–Trinajstić information content (AvgIpc) is 0.767. The third-order valence-corrected chi connectivity index (χ3v) is 19.8. The Hall–Kier alpha value is -1.93. The highest BCUT2D eigenvalue weighted by atomic mass is 16.8. The highest BCUT2D eigenvalue weighted by molar-refractivity contribution is 5.76. The smallest absolute Gasteiger partial charge is 0.221 e. The molecule has 0 aromatic heterocycles. The van der Waals surface area contributed by atoms with Crippen LogP contribution < -0.4 is 11.1 Å². The Morgan fingerprint density at radius 3 is 0.549 bits per heavy atom. The second-order valence-electron chi connectivity index (χ2n) is 25.4. The summed E-state index contributed by atoms with van der Waals surface area (Å²) >= 11 is 0. The van der Waals surface area contributed by atoms with Crippen molar-refractivity contribution < 1.29 is 166 Å². The summed E-state index contributed by atoms with van der Waals surface area (Å²) in [5.41, 5.74) is 5.86. The minimum absolute atomic E-state index is 0.00143. The summed E-state index contributed by atoms with van der Waals surface area (Å²) in [4.78, 5) is 13.4. The van der Waals surface area contributed by atoms with E-state index >= 15 is 0 Å². The lowest BCUT2D eigenvalue weighted by molar-refractivity contribution is -0.402. The second-order valence-corrected chi connectivity index (χ2v) is 25.4. The third-order valence-electron chi connectivity index (χ3n) is 19.8. The molecular weight excluding hydrogens is 1370 g/mol. The number of carbonyl (C=O) groups excluding carboxylic acids is 1. The number of nitrogens with one attached hydrogen (secondary N) is 1. The van der Waals surface area contributed by atoms with Crippen LogP contribution in [0.25, 0.3) is 0 Å². The monoisotopic (exact) mass is 1480 g/mol. The fourth-order valence-corrected chi connectivity index (χ4v) is 15.2. The van der Waals surface area contributed by atoms with Crippen LogP contribution in [0.15, 0.2) is 0 Å². The van der Waals surface area contributed by atoms with Crippen LogP contribution in [-0.2, 0) is 166 Å². The van der Waals surface area contributed by atoms with E-state index in [2.05, 4.69) is 5.32 Å². The summed E-state index contributed by atoms with van der Waals surface area (Å²) in [7, 11) is 29.8. The van der Waals surface area contributed by atoms with Crippen LogP contribution in [0.3, 0.4) is 0 Å². The van der Waals surface area contributed by atoms with E-state index in [1.807, 2.05) is 0 Å². The Morgan fingerprint density at radius 2 is 0.402 bits per heavy atom. The first-order valence-electron chi connectivity index (χ1n) is 34.1. The third kappa shape index (κ3) is 19.1. The van der Waals surface area contributed by atoms with E-state index in [4.69, 9.17) is 167 Å². The van der Waals surface area contributed by atoms with Gasteiger partial charge in [0.25, 0.3) is 0 Å². The van der Waals surface area contributed by atoms with Gasteiger partial charge >= 0.3 is 0 Å². The van der Waals surface area contributed by atoms with Crippen LogP contribution in [0.5, 0.6) is 0 Å². The fraction of sp³-hybridized carbons (Fsp3) is 0.985. The Balaban J connectivity index is 1.25. The molecule has 35 atom stereocenters. The summed E-state index contributed by atoms with van der Waals surface area (Å²) < 4.78 is 221. The van der Waals surface area contributed by atoms with Gasteiger partial charge in [0, 0.05) is 162 Å². The Bertz CT molecular complexity index is 2340. The number of ether oxygens (including phenoxy) is 34. The topological polar surface area (TPSA) is 369 Å². The van der Waals surface area contributed by atoms with E-state index in [1.54, 1.807) is 0 Å². The molecule has 102 heavy (non-hydrogen) atoms. The summed E-state index contributed by atoms with van der Waals surface area (Å²) in [6.07, 6.45) is -37.6. The van der Waals surface area contributed by atoms with Gasteiger partial charge in [-0.3, -0.25) is 4.79 Å². The van der Waals surface area contributed by atoms with Crippen molar-refractivity contribution in [3.63, 3.8) is 0 Å². The Morgan fingerprint density at radius 1 is 0.245 bits per heavy atom. The van der Waals surface area contributed by atoms with Gasteiger partial charge in [0.15, 0.2) is 44.0 Å². The average molecular weight is 1490 g/mol. The van der Waals surface area contributed by atoms with Crippen LogP contribution in [0, 0.1) is 0 Å². The van der Waals surface area contributed by atoms with E-state index in [9.17, 15) is 4.79 Å². The molecule has 0 spiro atoms. The van der Waals surface area contributed by atoms with Crippen LogP contribution in [0.1, 0.15) is 6.42 Å². The molecule has 0 radical (unpaired) electrons. The lowest BCUT2D eigenvalue weighted by Crippen LogP contribution is -2.69. The van der Waals surface area contributed by atoms with Crippen LogP contribution in [-0.4, -0.2) is 416 Å². The molecule has 37 heteroatoms. The standard InChI is InChI=1S/C65H116N2O35/c1-69-24-31-39-46(76-8)54(84-16)61(91-31)99-41-33(26-71-3)93-63(56(86-18)48(41)78-10)101-43-35(28-73-5)95-65(58(88-20)50(43)80-12)102-44-36(29-74-6)94-64(57(87-19)51(44)81-13)100-42-34(27-72-4)92-62(55(85-17)49(42)79-11)98-40-32(25-70-2)90-60(53(83-15)47(40)77-9)96-38-30(23-67-37(68)21-22-66)89-59(97-39)52(82-14)45(38)75-7/h30-36,38-65H,21-29,66H2,1-20H3,(H,67,68)/t30-,31-,32-,33-,34-,35-,36-,38-,39-,40-,41-,42-,43-,44-,45+,46+,47+,48+,49+,50+,51+,52-,53-,54-,55-,56-,57-,58-,59-,60-,61-,62-,63-,64-,65-/m1/s1. The predicted molar refractivity (Wildman–Crippen MR) is 344 cm³/mol. The minimum Gasteiger partial charge on any atom is -0.382 e. The first-order valence-corrected chi connectivity index (χ1v) is 34.1. The molecule has 21 aliphatic rings. The molecule has 37 nitrogen and oxygen atoms in total. The van der Waals surface area contributed by atoms with Gasteiger partial charge in [0.05, 0.1) is 39.6 Å². The summed E-state index contributed by atoms with van der Waals surface area (Å²) in [5, 5.41) is 2.93. The molecule has 14 bridgehead atoms.